The van der Waals surface area contributed by atoms with E-state index in [0.29, 0.717) is 17.4 Å². The molecule has 8 heteroatoms. The van der Waals surface area contributed by atoms with Gasteiger partial charge in [-0.15, -0.1) is 21.5 Å². The third kappa shape index (κ3) is 5.24. The standard InChI is InChI=1S/C19H21ClN6S/c1-13-12-27-19(21-13)11-25(4)14(2)5-6-16-7-8-18(20)9-17(16)10-26-23-15(3)22-24-26/h5-9,12H,2,10-11H2,1,3-4H3/b6-5+. The molecule has 3 rings (SSSR count). The van der Waals surface area contributed by atoms with Crippen LogP contribution in [0.3, 0.4) is 0 Å². The summed E-state index contributed by atoms with van der Waals surface area (Å²) in [7, 11) is 2.01. The average molecular weight is 401 g/mol. The van der Waals surface area contributed by atoms with Crippen LogP contribution in [0.2, 0.25) is 5.02 Å². The number of hydrogen-bond acceptors (Lipinski definition) is 6. The van der Waals surface area contributed by atoms with Crippen molar-refractivity contribution in [3.05, 3.63) is 74.6 Å². The molecule has 0 aliphatic heterocycles. The Kier molecular flexibility index (Phi) is 6.03. The van der Waals surface area contributed by atoms with Crippen molar-refractivity contribution in [3.63, 3.8) is 0 Å². The summed E-state index contributed by atoms with van der Waals surface area (Å²) in [6.45, 7) is 9.21. The van der Waals surface area contributed by atoms with Crippen molar-refractivity contribution in [1.82, 2.24) is 30.1 Å². The Bertz CT molecular complexity index is 974. The van der Waals surface area contributed by atoms with Crippen LogP contribution in [-0.4, -0.2) is 37.1 Å². The molecule has 2 aromatic heterocycles. The Hall–Kier alpha value is -2.51. The summed E-state index contributed by atoms with van der Waals surface area (Å²) in [6.07, 6.45) is 4.02. The summed E-state index contributed by atoms with van der Waals surface area (Å²) < 4.78 is 0. The Balaban J connectivity index is 1.72. The fraction of sp³-hybridized carbons (Fsp3) is 0.263. The number of allylic oxidation sites excluding steroid dienone is 1. The Morgan fingerprint density at radius 3 is 2.85 bits per heavy atom. The van der Waals surface area contributed by atoms with E-state index in [1.54, 1.807) is 16.1 Å². The van der Waals surface area contributed by atoms with Crippen LogP contribution in [0.5, 0.6) is 0 Å². The zero-order valence-corrected chi connectivity index (χ0v) is 17.1. The molecule has 0 saturated carbocycles. The number of aromatic nitrogens is 5. The number of thiazole rings is 1. The van der Waals surface area contributed by atoms with Gasteiger partial charge in [-0.05, 0) is 48.4 Å². The van der Waals surface area contributed by atoms with E-state index in [2.05, 4.69) is 37.3 Å². The molecule has 0 fully saturated rings. The summed E-state index contributed by atoms with van der Waals surface area (Å²) in [5.41, 5.74) is 4.00. The minimum absolute atomic E-state index is 0.502. The third-order valence-corrected chi connectivity index (χ3v) is 5.14. The highest BCUT2D eigenvalue weighted by Crippen LogP contribution is 2.20. The molecule has 0 unspecified atom stereocenters. The monoisotopic (exact) mass is 400 g/mol. The van der Waals surface area contributed by atoms with Gasteiger partial charge < -0.3 is 4.90 Å². The highest BCUT2D eigenvalue weighted by atomic mass is 35.5. The second-order valence-corrected chi connectivity index (χ2v) is 7.65. The van der Waals surface area contributed by atoms with E-state index in [4.69, 9.17) is 11.6 Å². The van der Waals surface area contributed by atoms with Gasteiger partial charge in [0.05, 0.1) is 13.1 Å². The van der Waals surface area contributed by atoms with Crippen molar-refractivity contribution in [2.75, 3.05) is 7.05 Å². The number of likely N-dealkylation sites (N-methyl/N-ethyl adjacent to an activating group) is 1. The normalized spacial score (nSPS) is 11.3. The SMILES string of the molecule is C=C(/C=C/c1ccc(Cl)cc1Cn1nnc(C)n1)N(C)Cc1nc(C)cs1. The van der Waals surface area contributed by atoms with Crippen molar-refractivity contribution < 1.29 is 0 Å². The molecule has 0 amide bonds. The maximum Gasteiger partial charge on any atom is 0.171 e. The summed E-state index contributed by atoms with van der Waals surface area (Å²) in [5, 5.41) is 16.0. The number of rotatable bonds is 7. The van der Waals surface area contributed by atoms with Crippen molar-refractivity contribution in [2.45, 2.75) is 26.9 Å². The van der Waals surface area contributed by atoms with Crippen LogP contribution < -0.4 is 0 Å². The summed E-state index contributed by atoms with van der Waals surface area (Å²) in [5.74, 6) is 0.640. The number of tetrazole rings is 1. The number of aryl methyl sites for hydroxylation is 2. The number of benzene rings is 1. The van der Waals surface area contributed by atoms with Gasteiger partial charge in [-0.1, -0.05) is 30.3 Å². The van der Waals surface area contributed by atoms with Gasteiger partial charge in [0.2, 0.25) is 0 Å². The molecular weight excluding hydrogens is 380 g/mol. The first-order valence-corrected chi connectivity index (χ1v) is 9.68. The molecule has 0 saturated heterocycles. The minimum atomic E-state index is 0.502. The lowest BCUT2D eigenvalue weighted by Gasteiger charge is -2.18. The second kappa shape index (κ2) is 8.45. The average Bonchev–Trinajstić information content (AvgIpc) is 3.21. The lowest BCUT2D eigenvalue weighted by molar-refractivity contribution is 0.425. The molecule has 0 radical (unpaired) electrons. The lowest BCUT2D eigenvalue weighted by Crippen LogP contribution is -2.15. The van der Waals surface area contributed by atoms with Gasteiger partial charge in [0, 0.05) is 28.8 Å². The van der Waals surface area contributed by atoms with Crippen molar-refractivity contribution in [2.24, 2.45) is 0 Å². The van der Waals surface area contributed by atoms with Gasteiger partial charge in [-0.3, -0.25) is 0 Å². The molecule has 0 atom stereocenters. The summed E-state index contributed by atoms with van der Waals surface area (Å²) in [4.78, 5) is 8.13. The molecule has 2 heterocycles. The number of hydrogen-bond donors (Lipinski definition) is 0. The highest BCUT2D eigenvalue weighted by Gasteiger charge is 2.07. The van der Waals surface area contributed by atoms with E-state index >= 15 is 0 Å². The van der Waals surface area contributed by atoms with Crippen LogP contribution in [0.4, 0.5) is 0 Å². The molecule has 0 bridgehead atoms. The van der Waals surface area contributed by atoms with Crippen LogP contribution in [0, 0.1) is 13.8 Å². The maximum absolute atomic E-state index is 6.17. The van der Waals surface area contributed by atoms with Crippen molar-refractivity contribution in [3.8, 4) is 0 Å². The molecular formula is C19H21ClN6S. The Morgan fingerprint density at radius 1 is 1.37 bits per heavy atom. The van der Waals surface area contributed by atoms with Gasteiger partial charge in [-0.2, -0.15) is 4.80 Å². The van der Waals surface area contributed by atoms with Crippen molar-refractivity contribution in [1.29, 1.82) is 0 Å². The molecule has 140 valence electrons. The Morgan fingerprint density at radius 2 is 2.19 bits per heavy atom. The van der Waals surface area contributed by atoms with Crippen LogP contribution in [0.15, 0.2) is 41.9 Å². The fourth-order valence-electron chi connectivity index (χ4n) is 2.51. The zero-order chi connectivity index (χ0) is 19.4. The van der Waals surface area contributed by atoms with E-state index in [1.807, 2.05) is 51.2 Å². The van der Waals surface area contributed by atoms with E-state index in [-0.39, 0.29) is 0 Å². The molecule has 1 aromatic carbocycles. The number of halogens is 1. The summed E-state index contributed by atoms with van der Waals surface area (Å²) >= 11 is 7.83. The fourth-order valence-corrected chi connectivity index (χ4v) is 3.53. The molecule has 0 spiro atoms. The lowest BCUT2D eigenvalue weighted by atomic mass is 10.1. The van der Waals surface area contributed by atoms with Gasteiger partial charge in [0.1, 0.15) is 5.01 Å². The molecule has 27 heavy (non-hydrogen) atoms. The molecule has 6 nitrogen and oxygen atoms in total. The van der Waals surface area contributed by atoms with Gasteiger partial charge in [-0.25, -0.2) is 4.98 Å². The third-order valence-electron chi connectivity index (χ3n) is 3.95. The van der Waals surface area contributed by atoms with E-state index in [9.17, 15) is 0 Å². The second-order valence-electron chi connectivity index (χ2n) is 6.27. The molecule has 3 aromatic rings. The van der Waals surface area contributed by atoms with Crippen LogP contribution >= 0.6 is 22.9 Å². The maximum atomic E-state index is 6.17. The number of nitrogens with zero attached hydrogens (tertiary/aromatic N) is 6. The van der Waals surface area contributed by atoms with Crippen LogP contribution in [0.25, 0.3) is 6.08 Å². The quantitative estimate of drug-likeness (QED) is 0.558. The van der Waals surface area contributed by atoms with E-state index in [1.165, 1.54) is 0 Å². The molecule has 0 aliphatic carbocycles. The van der Waals surface area contributed by atoms with Gasteiger partial charge in [0.15, 0.2) is 5.82 Å². The first-order chi connectivity index (χ1) is 12.9. The van der Waals surface area contributed by atoms with Crippen LogP contribution in [0.1, 0.15) is 27.7 Å². The molecule has 0 N–H and O–H groups in total. The van der Waals surface area contributed by atoms with Gasteiger partial charge >= 0.3 is 0 Å². The van der Waals surface area contributed by atoms with E-state index < -0.39 is 0 Å². The highest BCUT2D eigenvalue weighted by molar-refractivity contribution is 7.09. The van der Waals surface area contributed by atoms with E-state index in [0.717, 1.165) is 34.1 Å². The first-order valence-electron chi connectivity index (χ1n) is 8.42. The summed E-state index contributed by atoms with van der Waals surface area (Å²) in [6, 6.07) is 5.77. The van der Waals surface area contributed by atoms with Crippen molar-refractivity contribution >= 4 is 29.0 Å². The Labute approximate surface area is 167 Å². The zero-order valence-electron chi connectivity index (χ0n) is 15.6. The van der Waals surface area contributed by atoms with Gasteiger partial charge in [0.25, 0.3) is 0 Å². The largest absolute Gasteiger partial charge is 0.368 e. The first kappa shape index (κ1) is 19.3. The topological polar surface area (TPSA) is 59.7 Å². The smallest absolute Gasteiger partial charge is 0.171 e. The predicted molar refractivity (Wildman–Crippen MR) is 110 cm³/mol. The predicted octanol–water partition coefficient (Wildman–Crippen LogP) is 4.11. The molecule has 0 aliphatic rings. The van der Waals surface area contributed by atoms with Crippen LogP contribution in [-0.2, 0) is 13.1 Å². The minimum Gasteiger partial charge on any atom is -0.368 e.